The van der Waals surface area contributed by atoms with Crippen molar-refractivity contribution in [3.05, 3.63) is 0 Å². The number of carboxylic acid groups (broad SMARTS) is 1. The van der Waals surface area contributed by atoms with E-state index in [4.69, 9.17) is 5.11 Å². The van der Waals surface area contributed by atoms with Crippen molar-refractivity contribution in [2.24, 2.45) is 17.8 Å². The second-order valence-corrected chi connectivity index (χ2v) is 5.98. The number of aliphatic hydroxyl groups excluding tert-OH is 1. The van der Waals surface area contributed by atoms with E-state index < -0.39 is 12.0 Å². The van der Waals surface area contributed by atoms with E-state index in [0.717, 1.165) is 12.8 Å². The third kappa shape index (κ3) is 2.83. The number of carbonyl (C=O) groups excluding carboxylic acids is 1. The van der Waals surface area contributed by atoms with E-state index in [0.29, 0.717) is 19.0 Å². The fraction of sp³-hybridized carbons (Fsp3) is 0.846. The molecule has 4 atom stereocenters. The number of nitrogens with zero attached hydrogens (tertiary/aromatic N) is 1. The minimum Gasteiger partial charge on any atom is -0.480 e. The maximum absolute atomic E-state index is 12.1. The van der Waals surface area contributed by atoms with Crippen LogP contribution in [-0.4, -0.2) is 52.3 Å². The molecular formula is C13H22N2O4. The highest BCUT2D eigenvalue weighted by atomic mass is 16.4. The van der Waals surface area contributed by atoms with Crippen LogP contribution in [0.4, 0.5) is 4.79 Å². The molecule has 3 N–H and O–H groups in total. The van der Waals surface area contributed by atoms with Gasteiger partial charge in [0.15, 0.2) is 0 Å². The molecule has 1 aliphatic carbocycles. The van der Waals surface area contributed by atoms with Crippen LogP contribution in [0.25, 0.3) is 0 Å². The van der Waals surface area contributed by atoms with Crippen LogP contribution in [0.3, 0.4) is 0 Å². The fourth-order valence-electron chi connectivity index (χ4n) is 3.14. The molecule has 0 bridgehead atoms. The first-order valence-electron chi connectivity index (χ1n) is 6.86. The monoisotopic (exact) mass is 270 g/mol. The Bertz CT molecular complexity index is 372. The van der Waals surface area contributed by atoms with Crippen molar-refractivity contribution in [2.75, 3.05) is 13.1 Å². The molecule has 2 aliphatic rings. The van der Waals surface area contributed by atoms with Gasteiger partial charge in [-0.25, -0.2) is 9.59 Å². The largest absolute Gasteiger partial charge is 0.480 e. The molecule has 4 unspecified atom stereocenters. The summed E-state index contributed by atoms with van der Waals surface area (Å²) in [7, 11) is 0. The molecule has 19 heavy (non-hydrogen) atoms. The van der Waals surface area contributed by atoms with Gasteiger partial charge in [0.2, 0.25) is 0 Å². The van der Waals surface area contributed by atoms with Gasteiger partial charge in [0.05, 0.1) is 6.10 Å². The van der Waals surface area contributed by atoms with Crippen molar-refractivity contribution in [1.29, 1.82) is 0 Å². The lowest BCUT2D eigenvalue weighted by atomic mass is 10.00. The Morgan fingerprint density at radius 3 is 2.47 bits per heavy atom. The van der Waals surface area contributed by atoms with E-state index >= 15 is 0 Å². The molecule has 2 rings (SSSR count). The van der Waals surface area contributed by atoms with Crippen LogP contribution in [0, 0.1) is 17.8 Å². The number of amides is 2. The van der Waals surface area contributed by atoms with Gasteiger partial charge in [-0.05, 0) is 24.7 Å². The molecular weight excluding hydrogens is 248 g/mol. The van der Waals surface area contributed by atoms with Gasteiger partial charge in [0.25, 0.3) is 0 Å². The van der Waals surface area contributed by atoms with E-state index in [1.807, 2.05) is 0 Å². The summed E-state index contributed by atoms with van der Waals surface area (Å²) in [5.41, 5.74) is 0. The molecule has 1 aliphatic heterocycles. The van der Waals surface area contributed by atoms with Crippen LogP contribution in [0.5, 0.6) is 0 Å². The van der Waals surface area contributed by atoms with Crippen LogP contribution >= 0.6 is 0 Å². The highest BCUT2D eigenvalue weighted by Gasteiger charge is 2.43. The van der Waals surface area contributed by atoms with Gasteiger partial charge in [-0.3, -0.25) is 0 Å². The number of likely N-dealkylation sites (tertiary alicyclic amines) is 1. The number of hydrogen-bond acceptors (Lipinski definition) is 3. The summed E-state index contributed by atoms with van der Waals surface area (Å²) in [6.45, 7) is 4.68. The number of rotatable bonds is 3. The van der Waals surface area contributed by atoms with Gasteiger partial charge in [-0.15, -0.1) is 0 Å². The fourth-order valence-corrected chi connectivity index (χ4v) is 3.14. The lowest BCUT2D eigenvalue weighted by Gasteiger charge is -2.23. The van der Waals surface area contributed by atoms with Gasteiger partial charge in [0.1, 0.15) is 6.04 Å². The molecule has 108 valence electrons. The SMILES string of the molecule is CC(C)C(NC(=O)N1CC2CCC(O)C2C1)C(=O)O. The molecule has 0 aromatic carbocycles. The van der Waals surface area contributed by atoms with Gasteiger partial charge in [-0.1, -0.05) is 13.8 Å². The Kier molecular flexibility index (Phi) is 3.99. The molecule has 0 aromatic heterocycles. The van der Waals surface area contributed by atoms with Crippen molar-refractivity contribution in [2.45, 2.75) is 38.8 Å². The number of urea groups is 1. The van der Waals surface area contributed by atoms with Gasteiger partial charge < -0.3 is 20.4 Å². The number of carbonyl (C=O) groups is 2. The lowest BCUT2D eigenvalue weighted by molar-refractivity contribution is -0.140. The van der Waals surface area contributed by atoms with Crippen molar-refractivity contribution in [3.8, 4) is 0 Å². The summed E-state index contributed by atoms with van der Waals surface area (Å²) in [5, 5.41) is 21.4. The third-order valence-corrected chi connectivity index (χ3v) is 4.32. The smallest absolute Gasteiger partial charge is 0.326 e. The molecule has 6 heteroatoms. The molecule has 2 amide bonds. The molecule has 1 heterocycles. The standard InChI is InChI=1S/C13H22N2O4/c1-7(2)11(12(17)18)14-13(19)15-5-8-3-4-10(16)9(8)6-15/h7-11,16H,3-6H2,1-2H3,(H,14,19)(H,17,18). The summed E-state index contributed by atoms with van der Waals surface area (Å²) in [6, 6.07) is -1.19. The number of aliphatic carboxylic acids is 1. The van der Waals surface area contributed by atoms with Crippen molar-refractivity contribution in [3.63, 3.8) is 0 Å². The molecule has 2 fully saturated rings. The zero-order chi connectivity index (χ0) is 14.2. The zero-order valence-electron chi connectivity index (χ0n) is 11.4. The first-order valence-corrected chi connectivity index (χ1v) is 6.86. The topological polar surface area (TPSA) is 89.9 Å². The van der Waals surface area contributed by atoms with Crippen molar-refractivity contribution < 1.29 is 19.8 Å². The summed E-state index contributed by atoms with van der Waals surface area (Å²) < 4.78 is 0. The molecule has 1 saturated carbocycles. The van der Waals surface area contributed by atoms with Gasteiger partial charge >= 0.3 is 12.0 Å². The maximum atomic E-state index is 12.1. The molecule has 6 nitrogen and oxygen atoms in total. The Morgan fingerprint density at radius 1 is 1.26 bits per heavy atom. The van der Waals surface area contributed by atoms with E-state index in [1.54, 1.807) is 18.7 Å². The lowest BCUT2D eigenvalue weighted by Crippen LogP contribution is -2.49. The van der Waals surface area contributed by atoms with Crippen LogP contribution in [0.1, 0.15) is 26.7 Å². The number of aliphatic hydroxyl groups is 1. The second-order valence-electron chi connectivity index (χ2n) is 5.98. The second kappa shape index (κ2) is 5.36. The normalized spacial score (nSPS) is 31.4. The van der Waals surface area contributed by atoms with Crippen molar-refractivity contribution >= 4 is 12.0 Å². The number of hydrogen-bond donors (Lipinski definition) is 3. The summed E-state index contributed by atoms with van der Waals surface area (Å²) in [4.78, 5) is 24.8. The highest BCUT2D eigenvalue weighted by Crippen LogP contribution is 2.37. The average Bonchev–Trinajstić information content (AvgIpc) is 2.88. The van der Waals surface area contributed by atoms with Crippen LogP contribution < -0.4 is 5.32 Å². The molecule has 0 radical (unpaired) electrons. The van der Waals surface area contributed by atoms with Gasteiger partial charge in [0, 0.05) is 19.0 Å². The van der Waals surface area contributed by atoms with Crippen molar-refractivity contribution in [1.82, 2.24) is 10.2 Å². The predicted octanol–water partition coefficient (Wildman–Crippen LogP) is 0.508. The Morgan fingerprint density at radius 2 is 1.95 bits per heavy atom. The first-order chi connectivity index (χ1) is 8.90. The number of nitrogens with one attached hydrogen (secondary N) is 1. The minimum absolute atomic E-state index is 0.158. The summed E-state index contributed by atoms with van der Waals surface area (Å²) in [5.74, 6) is -0.645. The molecule has 1 saturated heterocycles. The van der Waals surface area contributed by atoms with E-state index in [1.165, 1.54) is 0 Å². The van der Waals surface area contributed by atoms with Gasteiger partial charge in [-0.2, -0.15) is 0 Å². The average molecular weight is 270 g/mol. The minimum atomic E-state index is -1.01. The molecule has 0 aromatic rings. The third-order valence-electron chi connectivity index (χ3n) is 4.32. The Balaban J connectivity index is 1.93. The van der Waals surface area contributed by atoms with E-state index in [9.17, 15) is 14.7 Å². The Labute approximate surface area is 112 Å². The van der Waals surface area contributed by atoms with Crippen LogP contribution in [0.15, 0.2) is 0 Å². The zero-order valence-corrected chi connectivity index (χ0v) is 11.4. The maximum Gasteiger partial charge on any atom is 0.326 e. The first kappa shape index (κ1) is 14.1. The predicted molar refractivity (Wildman–Crippen MR) is 68.6 cm³/mol. The highest BCUT2D eigenvalue weighted by molar-refractivity contribution is 5.82. The number of fused-ring (bicyclic) bond motifs is 1. The Hall–Kier alpha value is -1.30. The van der Waals surface area contributed by atoms with E-state index in [-0.39, 0.29) is 24.0 Å². The van der Waals surface area contributed by atoms with Crippen LogP contribution in [-0.2, 0) is 4.79 Å². The molecule has 0 spiro atoms. The van der Waals surface area contributed by atoms with Crippen LogP contribution in [0.2, 0.25) is 0 Å². The summed E-state index contributed by atoms with van der Waals surface area (Å²) in [6.07, 6.45) is 1.44. The quantitative estimate of drug-likeness (QED) is 0.697. The number of carboxylic acids is 1. The van der Waals surface area contributed by atoms with E-state index in [2.05, 4.69) is 5.32 Å². The summed E-state index contributed by atoms with van der Waals surface area (Å²) >= 11 is 0.